The summed E-state index contributed by atoms with van der Waals surface area (Å²) in [5.41, 5.74) is 3.02. The maximum atomic E-state index is 10.7. The quantitative estimate of drug-likeness (QED) is 0.747. The highest BCUT2D eigenvalue weighted by Gasteiger charge is 2.02. The van der Waals surface area contributed by atoms with Gasteiger partial charge in [0.25, 0.3) is 0 Å². The number of carbonyl (C=O) groups is 1. The summed E-state index contributed by atoms with van der Waals surface area (Å²) in [6.45, 7) is 0. The van der Waals surface area contributed by atoms with Crippen molar-refractivity contribution in [1.82, 2.24) is 4.57 Å². The van der Waals surface area contributed by atoms with Crippen LogP contribution in [0.15, 0.2) is 36.5 Å². The first-order chi connectivity index (χ1) is 7.69. The normalized spacial score (nSPS) is 10.4. The van der Waals surface area contributed by atoms with Gasteiger partial charge in [-0.25, -0.2) is 0 Å². The minimum Gasteiger partial charge on any atom is -0.348 e. The molecular formula is C13H12ClNO. The van der Waals surface area contributed by atoms with Crippen LogP contribution in [0, 0.1) is 0 Å². The van der Waals surface area contributed by atoms with Crippen molar-refractivity contribution in [2.24, 2.45) is 7.05 Å². The Morgan fingerprint density at radius 2 is 1.94 bits per heavy atom. The summed E-state index contributed by atoms with van der Waals surface area (Å²) in [7, 11) is 1.87. The standard InChI is InChI=1S/C13H12ClNO/c1-15-8-11(7-13(15)9-16)6-10-2-4-12(14)5-3-10/h2-5,7-9H,6H2,1H3. The number of hydrogen-bond acceptors (Lipinski definition) is 1. The van der Waals surface area contributed by atoms with Crippen molar-refractivity contribution in [1.29, 1.82) is 0 Å². The molecule has 3 heteroatoms. The highest BCUT2D eigenvalue weighted by atomic mass is 35.5. The molecule has 1 aromatic carbocycles. The summed E-state index contributed by atoms with van der Waals surface area (Å²) in [4.78, 5) is 10.7. The van der Waals surface area contributed by atoms with Crippen molar-refractivity contribution < 1.29 is 4.79 Å². The molecule has 0 aliphatic rings. The van der Waals surface area contributed by atoms with Gasteiger partial charge in [-0.05, 0) is 35.7 Å². The van der Waals surface area contributed by atoms with E-state index in [2.05, 4.69) is 0 Å². The molecule has 0 radical (unpaired) electrons. The molecule has 0 amide bonds. The van der Waals surface area contributed by atoms with Gasteiger partial charge in [0, 0.05) is 18.3 Å². The number of benzene rings is 1. The molecule has 0 fully saturated rings. The van der Waals surface area contributed by atoms with E-state index in [1.54, 1.807) is 0 Å². The topological polar surface area (TPSA) is 22.0 Å². The van der Waals surface area contributed by atoms with Crippen LogP contribution in [0.2, 0.25) is 5.02 Å². The van der Waals surface area contributed by atoms with Gasteiger partial charge < -0.3 is 4.57 Å². The van der Waals surface area contributed by atoms with Crippen LogP contribution in [0.5, 0.6) is 0 Å². The predicted molar refractivity (Wildman–Crippen MR) is 65.1 cm³/mol. The second-order valence-electron chi connectivity index (χ2n) is 3.81. The second kappa shape index (κ2) is 4.54. The van der Waals surface area contributed by atoms with Crippen molar-refractivity contribution in [3.8, 4) is 0 Å². The third-order valence-electron chi connectivity index (χ3n) is 2.54. The molecule has 2 nitrogen and oxygen atoms in total. The van der Waals surface area contributed by atoms with E-state index in [0.29, 0.717) is 5.69 Å². The van der Waals surface area contributed by atoms with Gasteiger partial charge in [0.15, 0.2) is 6.29 Å². The smallest absolute Gasteiger partial charge is 0.166 e. The molecule has 16 heavy (non-hydrogen) atoms. The van der Waals surface area contributed by atoms with Crippen molar-refractivity contribution in [2.45, 2.75) is 6.42 Å². The fraction of sp³-hybridized carbons (Fsp3) is 0.154. The maximum absolute atomic E-state index is 10.7. The molecule has 2 rings (SSSR count). The molecule has 0 aliphatic heterocycles. The average molecular weight is 234 g/mol. The number of carbonyl (C=O) groups excluding carboxylic acids is 1. The molecule has 0 spiro atoms. The minimum absolute atomic E-state index is 0.698. The largest absolute Gasteiger partial charge is 0.348 e. The lowest BCUT2D eigenvalue weighted by molar-refractivity contribution is 0.111. The lowest BCUT2D eigenvalue weighted by Crippen LogP contribution is -1.90. The molecule has 1 aromatic heterocycles. The molecule has 0 saturated heterocycles. The SMILES string of the molecule is Cn1cc(Cc2ccc(Cl)cc2)cc1C=O. The van der Waals surface area contributed by atoms with Gasteiger partial charge in [0.1, 0.15) is 0 Å². The molecule has 82 valence electrons. The molecule has 0 bridgehead atoms. The van der Waals surface area contributed by atoms with Gasteiger partial charge >= 0.3 is 0 Å². The summed E-state index contributed by atoms with van der Waals surface area (Å²) in [5, 5.41) is 0.741. The zero-order valence-corrected chi connectivity index (χ0v) is 9.74. The van der Waals surface area contributed by atoms with Crippen LogP contribution in [-0.2, 0) is 13.5 Å². The van der Waals surface area contributed by atoms with E-state index in [-0.39, 0.29) is 0 Å². The Kier molecular flexibility index (Phi) is 3.11. The van der Waals surface area contributed by atoms with Crippen molar-refractivity contribution in [2.75, 3.05) is 0 Å². The van der Waals surface area contributed by atoms with Gasteiger partial charge in [0.2, 0.25) is 0 Å². The zero-order valence-electron chi connectivity index (χ0n) is 8.98. The fourth-order valence-corrected chi connectivity index (χ4v) is 1.83. The van der Waals surface area contributed by atoms with Crippen LogP contribution in [0.4, 0.5) is 0 Å². The summed E-state index contributed by atoms with van der Waals surface area (Å²) >= 11 is 5.82. The first-order valence-corrected chi connectivity index (χ1v) is 5.41. The Hall–Kier alpha value is -1.54. The Balaban J connectivity index is 2.20. The van der Waals surface area contributed by atoms with Gasteiger partial charge in [-0.15, -0.1) is 0 Å². The van der Waals surface area contributed by atoms with Crippen LogP contribution in [0.3, 0.4) is 0 Å². The lowest BCUT2D eigenvalue weighted by Gasteiger charge is -1.98. The van der Waals surface area contributed by atoms with Crippen molar-refractivity contribution in [3.05, 3.63) is 58.4 Å². The highest BCUT2D eigenvalue weighted by molar-refractivity contribution is 6.30. The van der Waals surface area contributed by atoms with E-state index < -0.39 is 0 Å². The number of rotatable bonds is 3. The van der Waals surface area contributed by atoms with Crippen LogP contribution >= 0.6 is 11.6 Å². The van der Waals surface area contributed by atoms with E-state index in [4.69, 9.17) is 11.6 Å². The number of aromatic nitrogens is 1. The molecule has 1 heterocycles. The Bertz CT molecular complexity index is 499. The average Bonchev–Trinajstić information content (AvgIpc) is 2.62. The summed E-state index contributed by atoms with van der Waals surface area (Å²) in [6.07, 6.45) is 3.66. The van der Waals surface area contributed by atoms with E-state index in [9.17, 15) is 4.79 Å². The Morgan fingerprint density at radius 1 is 1.25 bits per heavy atom. The van der Waals surface area contributed by atoms with E-state index in [1.165, 1.54) is 5.56 Å². The van der Waals surface area contributed by atoms with Crippen molar-refractivity contribution in [3.63, 3.8) is 0 Å². The van der Waals surface area contributed by atoms with Gasteiger partial charge in [-0.1, -0.05) is 23.7 Å². The third kappa shape index (κ3) is 2.34. The molecule has 0 saturated carbocycles. The number of aryl methyl sites for hydroxylation is 1. The highest BCUT2D eigenvalue weighted by Crippen LogP contribution is 2.14. The molecule has 0 aliphatic carbocycles. The van der Waals surface area contributed by atoms with Gasteiger partial charge in [-0.3, -0.25) is 4.79 Å². The van der Waals surface area contributed by atoms with Crippen molar-refractivity contribution >= 4 is 17.9 Å². The number of aldehydes is 1. The first kappa shape index (κ1) is 11.0. The second-order valence-corrected chi connectivity index (χ2v) is 4.24. The van der Waals surface area contributed by atoms with Gasteiger partial charge in [0.05, 0.1) is 5.69 Å². The van der Waals surface area contributed by atoms with Crippen LogP contribution in [-0.4, -0.2) is 10.9 Å². The lowest BCUT2D eigenvalue weighted by atomic mass is 10.1. The Morgan fingerprint density at radius 3 is 2.50 bits per heavy atom. The van der Waals surface area contributed by atoms with Crippen LogP contribution in [0.1, 0.15) is 21.6 Å². The Labute approximate surface area is 99.5 Å². The summed E-state index contributed by atoms with van der Waals surface area (Å²) < 4.78 is 1.83. The fourth-order valence-electron chi connectivity index (χ4n) is 1.70. The molecule has 0 N–H and O–H groups in total. The first-order valence-electron chi connectivity index (χ1n) is 5.04. The monoisotopic (exact) mass is 233 g/mol. The van der Waals surface area contributed by atoms with E-state index >= 15 is 0 Å². The summed E-state index contributed by atoms with van der Waals surface area (Å²) in [6, 6.07) is 9.65. The molecule has 0 unspecified atom stereocenters. The van der Waals surface area contributed by atoms with Gasteiger partial charge in [-0.2, -0.15) is 0 Å². The van der Waals surface area contributed by atoms with Crippen LogP contribution in [0.25, 0.3) is 0 Å². The number of nitrogens with zero attached hydrogens (tertiary/aromatic N) is 1. The molecule has 0 atom stereocenters. The van der Waals surface area contributed by atoms with E-state index in [0.717, 1.165) is 23.3 Å². The summed E-state index contributed by atoms with van der Waals surface area (Å²) in [5.74, 6) is 0. The number of halogens is 1. The molecular weight excluding hydrogens is 222 g/mol. The van der Waals surface area contributed by atoms with E-state index in [1.807, 2.05) is 48.1 Å². The minimum atomic E-state index is 0.698. The maximum Gasteiger partial charge on any atom is 0.166 e. The molecule has 2 aromatic rings. The zero-order chi connectivity index (χ0) is 11.5. The predicted octanol–water partition coefficient (Wildman–Crippen LogP) is 3.08. The number of hydrogen-bond donors (Lipinski definition) is 0. The third-order valence-corrected chi connectivity index (χ3v) is 2.79. The van der Waals surface area contributed by atoms with Crippen LogP contribution < -0.4 is 0 Å².